The van der Waals surface area contributed by atoms with Gasteiger partial charge < -0.3 is 15.5 Å². The van der Waals surface area contributed by atoms with Crippen molar-refractivity contribution in [2.75, 3.05) is 0 Å². The van der Waals surface area contributed by atoms with Crippen LogP contribution in [0.3, 0.4) is 0 Å². The van der Waals surface area contributed by atoms with Gasteiger partial charge in [0.2, 0.25) is 5.91 Å². The molecule has 0 fully saturated rings. The molecular formula is C14H18N2O2. The van der Waals surface area contributed by atoms with Gasteiger partial charge in [-0.3, -0.25) is 4.79 Å². The van der Waals surface area contributed by atoms with Crippen molar-refractivity contribution in [3.05, 3.63) is 36.1 Å². The number of rotatable bonds is 5. The Morgan fingerprint density at radius 2 is 2.11 bits per heavy atom. The summed E-state index contributed by atoms with van der Waals surface area (Å²) < 4.78 is 5.69. The van der Waals surface area contributed by atoms with Crippen molar-refractivity contribution in [1.29, 1.82) is 0 Å². The molecule has 0 spiro atoms. The van der Waals surface area contributed by atoms with Gasteiger partial charge in [-0.2, -0.15) is 0 Å². The lowest BCUT2D eigenvalue weighted by Crippen LogP contribution is -2.42. The molecule has 0 unspecified atom stereocenters. The van der Waals surface area contributed by atoms with Gasteiger partial charge in [0.05, 0.1) is 6.54 Å². The van der Waals surface area contributed by atoms with Crippen molar-refractivity contribution in [1.82, 2.24) is 5.32 Å². The average molecular weight is 246 g/mol. The fourth-order valence-corrected chi connectivity index (χ4v) is 1.95. The highest BCUT2D eigenvalue weighted by Gasteiger charge is 2.20. The van der Waals surface area contributed by atoms with E-state index in [-0.39, 0.29) is 11.4 Å². The highest BCUT2D eigenvalue weighted by Crippen LogP contribution is 2.19. The third kappa shape index (κ3) is 3.11. The molecule has 0 atom stereocenters. The minimum Gasteiger partial charge on any atom is -0.460 e. The highest BCUT2D eigenvalue weighted by atomic mass is 16.3. The van der Waals surface area contributed by atoms with Crippen LogP contribution < -0.4 is 11.1 Å². The summed E-state index contributed by atoms with van der Waals surface area (Å²) in [5, 5.41) is 4.36. The van der Waals surface area contributed by atoms with Gasteiger partial charge >= 0.3 is 0 Å². The van der Waals surface area contributed by atoms with Gasteiger partial charge in [-0.25, -0.2) is 0 Å². The first-order chi connectivity index (χ1) is 8.46. The van der Waals surface area contributed by atoms with Gasteiger partial charge in [-0.15, -0.1) is 0 Å². The first-order valence-electron chi connectivity index (χ1n) is 5.97. The van der Waals surface area contributed by atoms with E-state index in [1.165, 1.54) is 0 Å². The van der Waals surface area contributed by atoms with Crippen LogP contribution in [0, 0.1) is 0 Å². The van der Waals surface area contributed by atoms with Crippen molar-refractivity contribution in [2.24, 2.45) is 5.73 Å². The minimum absolute atomic E-state index is 0.299. The number of carbonyl (C=O) groups excluding carboxylic acids is 1. The summed E-state index contributed by atoms with van der Waals surface area (Å²) in [6.45, 7) is 4.47. The molecule has 3 N–H and O–H groups in total. The molecule has 2 aromatic rings. The maximum atomic E-state index is 10.9. The van der Waals surface area contributed by atoms with Gasteiger partial charge in [0.1, 0.15) is 11.3 Å². The van der Waals surface area contributed by atoms with Crippen LogP contribution in [0.1, 0.15) is 26.0 Å². The number of fused-ring (bicyclic) bond motifs is 1. The van der Waals surface area contributed by atoms with Crippen LogP contribution in [0.4, 0.5) is 0 Å². The number of carbonyl (C=O) groups is 1. The van der Waals surface area contributed by atoms with Crippen LogP contribution in [0.25, 0.3) is 11.0 Å². The number of benzene rings is 1. The maximum absolute atomic E-state index is 10.9. The molecule has 96 valence electrons. The third-order valence-corrected chi connectivity index (χ3v) is 2.83. The van der Waals surface area contributed by atoms with Crippen LogP contribution in [-0.2, 0) is 11.3 Å². The van der Waals surface area contributed by atoms with E-state index in [0.717, 1.165) is 16.7 Å². The molecule has 0 saturated carbocycles. The number of hydrogen-bond donors (Lipinski definition) is 2. The van der Waals surface area contributed by atoms with E-state index in [4.69, 9.17) is 10.2 Å². The molecule has 0 aliphatic heterocycles. The second-order valence-corrected chi connectivity index (χ2v) is 5.13. The number of primary amides is 1. The smallest absolute Gasteiger partial charge is 0.219 e. The Morgan fingerprint density at radius 1 is 1.39 bits per heavy atom. The maximum Gasteiger partial charge on any atom is 0.219 e. The number of para-hydroxylation sites is 1. The van der Waals surface area contributed by atoms with Crippen LogP contribution >= 0.6 is 0 Å². The summed E-state index contributed by atoms with van der Waals surface area (Å²) in [5.41, 5.74) is 5.75. The number of furan rings is 1. The molecule has 18 heavy (non-hydrogen) atoms. The van der Waals surface area contributed by atoms with Crippen molar-refractivity contribution in [3.63, 3.8) is 0 Å². The molecule has 0 saturated heterocycles. The highest BCUT2D eigenvalue weighted by molar-refractivity contribution is 5.77. The Hall–Kier alpha value is -1.81. The Labute approximate surface area is 106 Å². The molecule has 1 aromatic carbocycles. The molecule has 1 aromatic heterocycles. The molecule has 0 aliphatic rings. The minimum atomic E-state index is -0.329. The lowest BCUT2D eigenvalue weighted by Gasteiger charge is -2.24. The Balaban J connectivity index is 2.03. The first kappa shape index (κ1) is 12.6. The molecule has 2 rings (SSSR count). The van der Waals surface area contributed by atoms with E-state index >= 15 is 0 Å². The van der Waals surface area contributed by atoms with Gasteiger partial charge in [-0.05, 0) is 26.0 Å². The summed E-state index contributed by atoms with van der Waals surface area (Å²) in [6.07, 6.45) is 0.299. The fraction of sp³-hybridized carbons (Fsp3) is 0.357. The SMILES string of the molecule is CC(C)(CC(N)=O)NCc1cc2ccccc2o1. The van der Waals surface area contributed by atoms with Crippen molar-refractivity contribution >= 4 is 16.9 Å². The van der Waals surface area contributed by atoms with Crippen molar-refractivity contribution in [2.45, 2.75) is 32.4 Å². The van der Waals surface area contributed by atoms with E-state index in [9.17, 15) is 4.79 Å². The predicted octanol–water partition coefficient (Wildman–Crippen LogP) is 2.18. The van der Waals surface area contributed by atoms with Crippen LogP contribution in [0.15, 0.2) is 34.7 Å². The lowest BCUT2D eigenvalue weighted by atomic mass is 10.0. The first-order valence-corrected chi connectivity index (χ1v) is 5.97. The lowest BCUT2D eigenvalue weighted by molar-refractivity contribution is -0.119. The molecule has 1 amide bonds. The molecule has 0 radical (unpaired) electrons. The second-order valence-electron chi connectivity index (χ2n) is 5.13. The third-order valence-electron chi connectivity index (χ3n) is 2.83. The van der Waals surface area contributed by atoms with E-state index in [0.29, 0.717) is 13.0 Å². The number of nitrogens with two attached hydrogens (primary N) is 1. The molecule has 1 heterocycles. The topological polar surface area (TPSA) is 68.3 Å². The molecular weight excluding hydrogens is 228 g/mol. The summed E-state index contributed by atoms with van der Waals surface area (Å²) in [6, 6.07) is 9.87. The largest absolute Gasteiger partial charge is 0.460 e. The van der Waals surface area contributed by atoms with E-state index in [1.54, 1.807) is 0 Å². The molecule has 4 nitrogen and oxygen atoms in total. The van der Waals surface area contributed by atoms with Gasteiger partial charge in [0.15, 0.2) is 0 Å². The van der Waals surface area contributed by atoms with Crippen LogP contribution in [0.2, 0.25) is 0 Å². The van der Waals surface area contributed by atoms with Crippen LogP contribution in [0.5, 0.6) is 0 Å². The van der Waals surface area contributed by atoms with Gasteiger partial charge in [0, 0.05) is 17.3 Å². The number of nitrogens with one attached hydrogen (secondary N) is 1. The Bertz CT molecular complexity index is 525. The summed E-state index contributed by atoms with van der Waals surface area (Å²) in [5.74, 6) is 0.547. The monoisotopic (exact) mass is 246 g/mol. The summed E-state index contributed by atoms with van der Waals surface area (Å²) in [4.78, 5) is 10.9. The normalized spacial score (nSPS) is 11.9. The van der Waals surface area contributed by atoms with Gasteiger partial charge in [0.25, 0.3) is 0 Å². The van der Waals surface area contributed by atoms with E-state index in [2.05, 4.69) is 5.32 Å². The standard InChI is InChI=1S/C14H18N2O2/c1-14(2,8-13(15)17)16-9-11-7-10-5-3-4-6-12(10)18-11/h3-7,16H,8-9H2,1-2H3,(H2,15,17). The quantitative estimate of drug-likeness (QED) is 0.849. The van der Waals surface area contributed by atoms with E-state index < -0.39 is 0 Å². The molecule has 0 bridgehead atoms. The van der Waals surface area contributed by atoms with Crippen molar-refractivity contribution < 1.29 is 9.21 Å². The summed E-state index contributed by atoms with van der Waals surface area (Å²) >= 11 is 0. The summed E-state index contributed by atoms with van der Waals surface area (Å²) in [7, 11) is 0. The van der Waals surface area contributed by atoms with E-state index in [1.807, 2.05) is 44.2 Å². The predicted molar refractivity (Wildman–Crippen MR) is 70.9 cm³/mol. The van der Waals surface area contributed by atoms with Crippen LogP contribution in [-0.4, -0.2) is 11.4 Å². The zero-order valence-corrected chi connectivity index (χ0v) is 10.7. The Morgan fingerprint density at radius 3 is 2.78 bits per heavy atom. The number of hydrogen-bond acceptors (Lipinski definition) is 3. The zero-order valence-electron chi connectivity index (χ0n) is 10.7. The van der Waals surface area contributed by atoms with Crippen molar-refractivity contribution in [3.8, 4) is 0 Å². The van der Waals surface area contributed by atoms with Gasteiger partial charge in [-0.1, -0.05) is 18.2 Å². The zero-order chi connectivity index (χ0) is 13.2. The Kier molecular flexibility index (Phi) is 3.39. The fourth-order valence-electron chi connectivity index (χ4n) is 1.95. The molecule has 4 heteroatoms. The molecule has 0 aliphatic carbocycles. The second kappa shape index (κ2) is 4.82. The average Bonchev–Trinajstić information content (AvgIpc) is 2.67. The number of amides is 1.